The fraction of sp³-hybridized carbons (Fsp3) is 0.458. The fourth-order valence-corrected chi connectivity index (χ4v) is 3.99. The highest BCUT2D eigenvalue weighted by atomic mass is 16.5. The summed E-state index contributed by atoms with van der Waals surface area (Å²) in [7, 11) is 0. The Kier molecular flexibility index (Phi) is 6.74. The monoisotopic (exact) mass is 410 g/mol. The van der Waals surface area contributed by atoms with Crippen LogP contribution in [0.15, 0.2) is 48.5 Å². The number of carbonyl (C=O) groups is 1. The predicted molar refractivity (Wildman–Crippen MR) is 117 cm³/mol. The summed E-state index contributed by atoms with van der Waals surface area (Å²) in [5.74, 6) is 1.75. The van der Waals surface area contributed by atoms with Crippen LogP contribution < -0.4 is 14.4 Å². The second kappa shape index (κ2) is 9.85. The molecule has 6 nitrogen and oxygen atoms in total. The van der Waals surface area contributed by atoms with Crippen molar-refractivity contribution in [2.24, 2.45) is 0 Å². The smallest absolute Gasteiger partial charge is 0.253 e. The Morgan fingerprint density at radius 3 is 2.50 bits per heavy atom. The van der Waals surface area contributed by atoms with Crippen molar-refractivity contribution in [3.63, 3.8) is 0 Å². The van der Waals surface area contributed by atoms with Gasteiger partial charge >= 0.3 is 0 Å². The van der Waals surface area contributed by atoms with E-state index in [-0.39, 0.29) is 12.0 Å². The minimum atomic E-state index is 0.0680. The maximum atomic E-state index is 12.9. The van der Waals surface area contributed by atoms with Gasteiger partial charge in [-0.15, -0.1) is 0 Å². The van der Waals surface area contributed by atoms with Crippen molar-refractivity contribution in [3.8, 4) is 11.5 Å². The molecule has 0 aromatic heterocycles. The summed E-state index contributed by atoms with van der Waals surface area (Å²) in [6.45, 7) is 6.99. The van der Waals surface area contributed by atoms with E-state index in [4.69, 9.17) is 14.2 Å². The van der Waals surface area contributed by atoms with Crippen LogP contribution in [0.25, 0.3) is 0 Å². The van der Waals surface area contributed by atoms with Gasteiger partial charge in [-0.05, 0) is 56.2 Å². The molecule has 2 aromatic carbocycles. The number of benzene rings is 2. The summed E-state index contributed by atoms with van der Waals surface area (Å²) >= 11 is 0. The van der Waals surface area contributed by atoms with Gasteiger partial charge in [0.1, 0.15) is 18.1 Å². The maximum absolute atomic E-state index is 12.9. The first kappa shape index (κ1) is 20.5. The Morgan fingerprint density at radius 2 is 1.80 bits per heavy atom. The molecular formula is C24H30N2O4. The molecule has 1 atom stereocenters. The van der Waals surface area contributed by atoms with Gasteiger partial charge in [0.2, 0.25) is 0 Å². The van der Waals surface area contributed by atoms with Gasteiger partial charge in [0.05, 0.1) is 18.4 Å². The Labute approximate surface area is 178 Å². The Hall–Kier alpha value is -2.73. The molecule has 160 valence electrons. The molecular weight excluding hydrogens is 380 g/mol. The lowest BCUT2D eigenvalue weighted by Gasteiger charge is -2.36. The second-order valence-electron chi connectivity index (χ2n) is 7.65. The molecule has 0 aliphatic carbocycles. The molecule has 6 heteroatoms. The minimum Gasteiger partial charge on any atom is -0.492 e. The Bertz CT molecular complexity index is 825. The van der Waals surface area contributed by atoms with Gasteiger partial charge in [0.25, 0.3) is 5.91 Å². The van der Waals surface area contributed by atoms with Gasteiger partial charge in [-0.25, -0.2) is 0 Å². The van der Waals surface area contributed by atoms with E-state index >= 15 is 0 Å². The van der Waals surface area contributed by atoms with Gasteiger partial charge in [0.15, 0.2) is 0 Å². The van der Waals surface area contributed by atoms with Crippen LogP contribution in [0.1, 0.15) is 30.1 Å². The molecule has 4 rings (SSSR count). The number of hydrogen-bond donors (Lipinski definition) is 0. The standard InChI is InChI=1S/C24H30N2O4/c1-2-28-23-8-4-3-7-22(23)25-13-15-26(16-14-25)24(27)19-9-11-20(12-10-19)30-18-21-6-5-17-29-21/h3-4,7-12,21H,2,5-6,13-18H2,1H3/t21-/m0/s1. The summed E-state index contributed by atoms with van der Waals surface area (Å²) in [6.07, 6.45) is 2.35. The molecule has 2 saturated heterocycles. The molecule has 1 amide bonds. The van der Waals surface area contributed by atoms with Crippen LogP contribution in [0.4, 0.5) is 5.69 Å². The lowest BCUT2D eigenvalue weighted by atomic mass is 10.1. The van der Waals surface area contributed by atoms with Gasteiger partial charge in [-0.3, -0.25) is 4.79 Å². The van der Waals surface area contributed by atoms with Crippen LogP contribution in [0.2, 0.25) is 0 Å². The highest BCUT2D eigenvalue weighted by Crippen LogP contribution is 2.29. The average molecular weight is 411 g/mol. The third kappa shape index (κ3) is 4.87. The number of carbonyl (C=O) groups excluding carboxylic acids is 1. The number of para-hydroxylation sites is 2. The summed E-state index contributed by atoms with van der Waals surface area (Å²) in [5, 5.41) is 0. The van der Waals surface area contributed by atoms with E-state index in [9.17, 15) is 4.79 Å². The second-order valence-corrected chi connectivity index (χ2v) is 7.65. The molecule has 0 radical (unpaired) electrons. The van der Waals surface area contributed by atoms with E-state index in [1.54, 1.807) is 0 Å². The number of hydrogen-bond acceptors (Lipinski definition) is 5. The van der Waals surface area contributed by atoms with Gasteiger partial charge in [-0.2, -0.15) is 0 Å². The first-order valence-corrected chi connectivity index (χ1v) is 10.8. The molecule has 0 N–H and O–H groups in total. The number of amides is 1. The van der Waals surface area contributed by atoms with E-state index in [2.05, 4.69) is 11.0 Å². The van der Waals surface area contributed by atoms with Crippen LogP contribution in [-0.4, -0.2) is 62.9 Å². The van der Waals surface area contributed by atoms with Crippen molar-refractivity contribution in [3.05, 3.63) is 54.1 Å². The fourth-order valence-electron chi connectivity index (χ4n) is 3.99. The van der Waals surface area contributed by atoms with Crippen molar-refractivity contribution in [1.29, 1.82) is 0 Å². The van der Waals surface area contributed by atoms with E-state index in [0.717, 1.165) is 49.7 Å². The zero-order valence-electron chi connectivity index (χ0n) is 17.6. The Balaban J connectivity index is 1.31. The number of nitrogens with zero attached hydrogens (tertiary/aromatic N) is 2. The number of piperazine rings is 1. The lowest BCUT2D eigenvalue weighted by molar-refractivity contribution is 0.0678. The maximum Gasteiger partial charge on any atom is 0.253 e. The van der Waals surface area contributed by atoms with Crippen LogP contribution in [0.3, 0.4) is 0 Å². The predicted octanol–water partition coefficient (Wildman–Crippen LogP) is 3.61. The zero-order valence-corrected chi connectivity index (χ0v) is 17.6. The van der Waals surface area contributed by atoms with Crippen molar-refractivity contribution in [2.45, 2.75) is 25.9 Å². The molecule has 2 aromatic rings. The Morgan fingerprint density at radius 1 is 1.03 bits per heavy atom. The third-order valence-corrected chi connectivity index (χ3v) is 5.63. The molecule has 2 fully saturated rings. The normalized spacial score (nSPS) is 19.0. The summed E-state index contributed by atoms with van der Waals surface area (Å²) in [6, 6.07) is 15.5. The van der Waals surface area contributed by atoms with Crippen LogP contribution in [0.5, 0.6) is 11.5 Å². The van der Waals surface area contributed by atoms with Crippen molar-refractivity contribution >= 4 is 11.6 Å². The minimum absolute atomic E-state index is 0.0680. The van der Waals surface area contributed by atoms with E-state index in [1.807, 2.05) is 54.3 Å². The van der Waals surface area contributed by atoms with Crippen molar-refractivity contribution < 1.29 is 19.0 Å². The first-order valence-electron chi connectivity index (χ1n) is 10.8. The molecule has 0 saturated carbocycles. The topological polar surface area (TPSA) is 51.2 Å². The largest absolute Gasteiger partial charge is 0.492 e. The molecule has 2 aliphatic rings. The number of anilines is 1. The average Bonchev–Trinajstić information content (AvgIpc) is 3.32. The molecule has 0 unspecified atom stereocenters. The number of rotatable bonds is 7. The van der Waals surface area contributed by atoms with E-state index in [0.29, 0.717) is 31.9 Å². The molecule has 2 aliphatic heterocycles. The molecule has 30 heavy (non-hydrogen) atoms. The molecule has 0 spiro atoms. The summed E-state index contributed by atoms with van der Waals surface area (Å²) in [5.41, 5.74) is 1.79. The van der Waals surface area contributed by atoms with E-state index < -0.39 is 0 Å². The van der Waals surface area contributed by atoms with Crippen molar-refractivity contribution in [1.82, 2.24) is 4.90 Å². The summed E-state index contributed by atoms with van der Waals surface area (Å²) < 4.78 is 17.1. The molecule has 2 heterocycles. The van der Waals surface area contributed by atoms with E-state index in [1.165, 1.54) is 0 Å². The molecule has 0 bridgehead atoms. The summed E-state index contributed by atoms with van der Waals surface area (Å²) in [4.78, 5) is 17.1. The quantitative estimate of drug-likeness (QED) is 0.698. The zero-order chi connectivity index (χ0) is 20.8. The van der Waals surface area contributed by atoms with Crippen LogP contribution in [-0.2, 0) is 4.74 Å². The van der Waals surface area contributed by atoms with Gasteiger partial charge < -0.3 is 24.0 Å². The lowest BCUT2D eigenvalue weighted by Crippen LogP contribution is -2.48. The van der Waals surface area contributed by atoms with Crippen LogP contribution in [0, 0.1) is 0 Å². The van der Waals surface area contributed by atoms with Gasteiger partial charge in [0, 0.05) is 38.3 Å². The highest BCUT2D eigenvalue weighted by Gasteiger charge is 2.24. The highest BCUT2D eigenvalue weighted by molar-refractivity contribution is 5.94. The SMILES string of the molecule is CCOc1ccccc1N1CCN(C(=O)c2ccc(OC[C@@H]3CCCO3)cc2)CC1. The number of ether oxygens (including phenoxy) is 3. The van der Waals surface area contributed by atoms with Gasteiger partial charge in [-0.1, -0.05) is 12.1 Å². The van der Waals surface area contributed by atoms with Crippen LogP contribution >= 0.6 is 0 Å². The third-order valence-electron chi connectivity index (χ3n) is 5.63. The first-order chi connectivity index (χ1) is 14.7. The van der Waals surface area contributed by atoms with Crippen molar-refractivity contribution in [2.75, 3.05) is 50.9 Å².